The number of benzene rings is 2. The minimum absolute atomic E-state index is 0.241. The molecule has 6 nitrogen and oxygen atoms in total. The molecular formula is C21H17ClFN3O3S. The van der Waals surface area contributed by atoms with E-state index < -0.39 is 11.7 Å². The van der Waals surface area contributed by atoms with E-state index in [4.69, 9.17) is 16.3 Å². The molecule has 0 aliphatic rings. The first kappa shape index (κ1) is 20.3. The van der Waals surface area contributed by atoms with E-state index in [0.29, 0.717) is 42.6 Å². The molecule has 4 rings (SSSR count). The van der Waals surface area contributed by atoms with Gasteiger partial charge >= 0.3 is 0 Å². The summed E-state index contributed by atoms with van der Waals surface area (Å²) < 4.78 is 21.8. The smallest absolute Gasteiger partial charge is 0.272 e. The molecule has 2 aromatic heterocycles. The van der Waals surface area contributed by atoms with Gasteiger partial charge < -0.3 is 10.1 Å². The lowest BCUT2D eigenvalue weighted by molar-refractivity contribution is -0.116. The van der Waals surface area contributed by atoms with Crippen LogP contribution >= 0.6 is 22.9 Å². The molecule has 0 saturated heterocycles. The van der Waals surface area contributed by atoms with Crippen molar-refractivity contribution in [2.45, 2.75) is 20.4 Å². The molecule has 0 aliphatic heterocycles. The number of rotatable bonds is 4. The Morgan fingerprint density at radius 1 is 1.33 bits per heavy atom. The van der Waals surface area contributed by atoms with Crippen molar-refractivity contribution in [1.82, 2.24) is 9.55 Å². The van der Waals surface area contributed by atoms with Crippen LogP contribution in [0.25, 0.3) is 20.3 Å². The third-order valence-electron chi connectivity index (χ3n) is 4.80. The number of amides is 1. The Bertz CT molecular complexity index is 1380. The second kappa shape index (κ2) is 7.70. The van der Waals surface area contributed by atoms with Gasteiger partial charge in [0.1, 0.15) is 28.6 Å². The Kier molecular flexibility index (Phi) is 5.21. The maximum Gasteiger partial charge on any atom is 0.272 e. The molecule has 154 valence electrons. The van der Waals surface area contributed by atoms with Crippen molar-refractivity contribution in [3.63, 3.8) is 0 Å². The van der Waals surface area contributed by atoms with Crippen molar-refractivity contribution in [1.29, 1.82) is 0 Å². The third-order valence-corrected chi connectivity index (χ3v) is 6.34. The zero-order valence-electron chi connectivity index (χ0n) is 16.4. The number of hydrogen-bond donors (Lipinski definition) is 1. The number of hydrogen-bond acceptors (Lipinski definition) is 5. The van der Waals surface area contributed by atoms with Gasteiger partial charge in [-0.05, 0) is 37.6 Å². The summed E-state index contributed by atoms with van der Waals surface area (Å²) in [6.45, 7) is 3.19. The van der Waals surface area contributed by atoms with E-state index in [1.54, 1.807) is 31.2 Å². The number of fused-ring (bicyclic) bond motifs is 3. The number of ether oxygens (including phenoxy) is 1. The molecule has 0 fully saturated rings. The molecule has 0 aliphatic carbocycles. The molecule has 0 saturated carbocycles. The van der Waals surface area contributed by atoms with Gasteiger partial charge in [-0.3, -0.25) is 14.2 Å². The molecule has 0 bridgehead atoms. The number of anilines is 1. The first-order valence-electron chi connectivity index (χ1n) is 9.02. The molecule has 0 radical (unpaired) electrons. The molecule has 30 heavy (non-hydrogen) atoms. The first-order chi connectivity index (χ1) is 14.3. The number of carbonyl (C=O) groups excluding carboxylic acids is 1. The number of nitrogens with one attached hydrogen (secondary N) is 1. The zero-order valence-corrected chi connectivity index (χ0v) is 17.9. The maximum atomic E-state index is 14.3. The largest absolute Gasteiger partial charge is 0.495 e. The SMILES string of the molecule is COc1cc(Cl)c(C)cc1NC(=O)Cn1c(C)nc2c(sc3cccc(F)c32)c1=O. The predicted molar refractivity (Wildman–Crippen MR) is 117 cm³/mol. The van der Waals surface area contributed by atoms with E-state index in [1.807, 2.05) is 6.92 Å². The summed E-state index contributed by atoms with van der Waals surface area (Å²) in [6.07, 6.45) is 0. The zero-order chi connectivity index (χ0) is 21.6. The van der Waals surface area contributed by atoms with E-state index in [2.05, 4.69) is 10.3 Å². The summed E-state index contributed by atoms with van der Waals surface area (Å²) in [7, 11) is 1.48. The summed E-state index contributed by atoms with van der Waals surface area (Å²) >= 11 is 7.26. The van der Waals surface area contributed by atoms with E-state index >= 15 is 0 Å². The van der Waals surface area contributed by atoms with Crippen molar-refractivity contribution >= 4 is 54.8 Å². The van der Waals surface area contributed by atoms with Gasteiger partial charge in [0.2, 0.25) is 5.91 Å². The molecule has 0 atom stereocenters. The number of carbonyl (C=O) groups is 1. The van der Waals surface area contributed by atoms with Gasteiger partial charge in [0.05, 0.1) is 23.7 Å². The monoisotopic (exact) mass is 445 g/mol. The van der Waals surface area contributed by atoms with Crippen LogP contribution in [-0.2, 0) is 11.3 Å². The van der Waals surface area contributed by atoms with Crippen LogP contribution in [0.1, 0.15) is 11.4 Å². The molecule has 2 aromatic carbocycles. The lowest BCUT2D eigenvalue weighted by atomic mass is 10.2. The van der Waals surface area contributed by atoms with Crippen LogP contribution in [0.5, 0.6) is 5.75 Å². The van der Waals surface area contributed by atoms with Crippen LogP contribution in [-0.4, -0.2) is 22.6 Å². The highest BCUT2D eigenvalue weighted by Gasteiger charge is 2.18. The van der Waals surface area contributed by atoms with Crippen LogP contribution in [0.3, 0.4) is 0 Å². The number of halogens is 2. The second-order valence-electron chi connectivity index (χ2n) is 6.79. The number of aryl methyl sites for hydroxylation is 2. The fourth-order valence-corrected chi connectivity index (χ4v) is 4.54. The van der Waals surface area contributed by atoms with Crippen LogP contribution in [0.4, 0.5) is 10.1 Å². The molecule has 2 heterocycles. The summed E-state index contributed by atoms with van der Waals surface area (Å²) in [5, 5.41) is 3.60. The van der Waals surface area contributed by atoms with Crippen LogP contribution in [0, 0.1) is 19.7 Å². The Balaban J connectivity index is 1.72. The highest BCUT2D eigenvalue weighted by atomic mass is 35.5. The van der Waals surface area contributed by atoms with Gasteiger partial charge in [-0.25, -0.2) is 9.37 Å². The molecule has 1 amide bonds. The Morgan fingerprint density at radius 3 is 2.83 bits per heavy atom. The standard InChI is InChI=1S/C21H17ClFN3O3S/c1-10-7-14(15(29-3)8-12(10)22)25-17(27)9-26-11(2)24-19-18-13(23)5-4-6-16(18)30-20(19)21(26)28/h4-8H,9H2,1-3H3,(H,25,27). The quantitative estimate of drug-likeness (QED) is 0.495. The highest BCUT2D eigenvalue weighted by Crippen LogP contribution is 2.33. The molecule has 4 aromatic rings. The average molecular weight is 446 g/mol. The van der Waals surface area contributed by atoms with Gasteiger partial charge in [0.25, 0.3) is 5.56 Å². The first-order valence-corrected chi connectivity index (χ1v) is 10.2. The molecule has 0 spiro atoms. The minimum atomic E-state index is -0.425. The van der Waals surface area contributed by atoms with Crippen LogP contribution in [0.2, 0.25) is 5.02 Å². The number of nitrogens with zero attached hydrogens (tertiary/aromatic N) is 2. The summed E-state index contributed by atoms with van der Waals surface area (Å²) in [6, 6.07) is 7.99. The van der Waals surface area contributed by atoms with Crippen LogP contribution < -0.4 is 15.6 Å². The lowest BCUT2D eigenvalue weighted by Crippen LogP contribution is -2.29. The lowest BCUT2D eigenvalue weighted by Gasteiger charge is -2.14. The Labute approximate surface area is 179 Å². The van der Waals surface area contributed by atoms with E-state index in [1.165, 1.54) is 17.7 Å². The average Bonchev–Trinajstić information content (AvgIpc) is 3.07. The van der Waals surface area contributed by atoms with Gasteiger partial charge in [-0.2, -0.15) is 0 Å². The number of aromatic nitrogens is 2. The van der Waals surface area contributed by atoms with Gasteiger partial charge in [0.15, 0.2) is 0 Å². The van der Waals surface area contributed by atoms with Gasteiger partial charge in [0, 0.05) is 15.8 Å². The molecule has 9 heteroatoms. The van der Waals surface area contributed by atoms with Crippen molar-refractivity contribution in [2.75, 3.05) is 12.4 Å². The van der Waals surface area contributed by atoms with E-state index in [-0.39, 0.29) is 12.1 Å². The molecule has 1 N–H and O–H groups in total. The topological polar surface area (TPSA) is 73.2 Å². The van der Waals surface area contributed by atoms with Crippen LogP contribution in [0.15, 0.2) is 35.1 Å². The van der Waals surface area contributed by atoms with Crippen molar-refractivity contribution in [3.05, 3.63) is 62.9 Å². The second-order valence-corrected chi connectivity index (χ2v) is 8.25. The summed E-state index contributed by atoms with van der Waals surface area (Å²) in [5.74, 6) is -0.110. The number of methoxy groups -OCH3 is 1. The van der Waals surface area contributed by atoms with Crippen molar-refractivity contribution in [3.8, 4) is 5.75 Å². The fourth-order valence-electron chi connectivity index (χ4n) is 3.28. The summed E-state index contributed by atoms with van der Waals surface area (Å²) in [5.41, 5.74) is 1.17. The fraction of sp³-hybridized carbons (Fsp3) is 0.190. The van der Waals surface area contributed by atoms with Gasteiger partial charge in [-0.15, -0.1) is 11.3 Å². The van der Waals surface area contributed by atoms with Crippen molar-refractivity contribution in [2.24, 2.45) is 0 Å². The Morgan fingerprint density at radius 2 is 2.10 bits per heavy atom. The Hall–Kier alpha value is -2.97. The molecular weight excluding hydrogens is 429 g/mol. The van der Waals surface area contributed by atoms with E-state index in [0.717, 1.165) is 16.9 Å². The number of thiophene rings is 1. The predicted octanol–water partition coefficient (Wildman–Crippen LogP) is 4.67. The third kappa shape index (κ3) is 3.42. The van der Waals surface area contributed by atoms with Crippen molar-refractivity contribution < 1.29 is 13.9 Å². The van der Waals surface area contributed by atoms with E-state index in [9.17, 15) is 14.0 Å². The minimum Gasteiger partial charge on any atom is -0.495 e. The molecule has 0 unspecified atom stereocenters. The highest BCUT2D eigenvalue weighted by molar-refractivity contribution is 7.25. The normalized spacial score (nSPS) is 11.2. The maximum absolute atomic E-state index is 14.3. The summed E-state index contributed by atoms with van der Waals surface area (Å²) in [4.78, 5) is 30.1. The van der Waals surface area contributed by atoms with Gasteiger partial charge in [-0.1, -0.05) is 17.7 Å².